The van der Waals surface area contributed by atoms with Crippen LogP contribution >= 0.6 is 0 Å². The SMILES string of the molecule is Cc1cc(C(=O)N2CCC(c3nccn3C)CC2)ccc1F. The molecular formula is C17H20FN3O. The molecule has 0 bridgehead atoms. The van der Waals surface area contributed by atoms with Crippen molar-refractivity contribution >= 4 is 5.91 Å². The van der Waals surface area contributed by atoms with E-state index >= 15 is 0 Å². The van der Waals surface area contributed by atoms with E-state index in [1.807, 2.05) is 28.9 Å². The van der Waals surface area contributed by atoms with Crippen molar-refractivity contribution in [2.75, 3.05) is 13.1 Å². The number of amides is 1. The fraction of sp³-hybridized carbons (Fsp3) is 0.412. The zero-order valence-electron chi connectivity index (χ0n) is 12.9. The van der Waals surface area contributed by atoms with Crippen molar-refractivity contribution in [3.8, 4) is 0 Å². The fourth-order valence-corrected chi connectivity index (χ4v) is 3.07. The number of hydrogen-bond acceptors (Lipinski definition) is 2. The van der Waals surface area contributed by atoms with Crippen LogP contribution in [0.1, 0.15) is 40.5 Å². The maximum absolute atomic E-state index is 13.3. The number of aromatic nitrogens is 2. The number of carbonyl (C=O) groups is 1. The lowest BCUT2D eigenvalue weighted by Crippen LogP contribution is -2.38. The van der Waals surface area contributed by atoms with E-state index in [-0.39, 0.29) is 11.7 Å². The van der Waals surface area contributed by atoms with E-state index in [0.29, 0.717) is 30.1 Å². The molecule has 1 fully saturated rings. The van der Waals surface area contributed by atoms with Crippen LogP contribution in [0.4, 0.5) is 4.39 Å². The Balaban J connectivity index is 1.67. The van der Waals surface area contributed by atoms with Crippen molar-refractivity contribution in [2.24, 2.45) is 7.05 Å². The fourth-order valence-electron chi connectivity index (χ4n) is 3.07. The lowest BCUT2D eigenvalue weighted by molar-refractivity contribution is 0.0710. The lowest BCUT2D eigenvalue weighted by Gasteiger charge is -2.31. The number of benzene rings is 1. The third kappa shape index (κ3) is 2.75. The Hall–Kier alpha value is -2.17. The van der Waals surface area contributed by atoms with Gasteiger partial charge in [0.05, 0.1) is 0 Å². The minimum atomic E-state index is -0.273. The molecule has 0 saturated carbocycles. The van der Waals surface area contributed by atoms with Gasteiger partial charge in [-0.25, -0.2) is 9.37 Å². The summed E-state index contributed by atoms with van der Waals surface area (Å²) < 4.78 is 15.4. The van der Waals surface area contributed by atoms with Gasteiger partial charge in [-0.2, -0.15) is 0 Å². The molecule has 0 aliphatic carbocycles. The van der Waals surface area contributed by atoms with E-state index in [4.69, 9.17) is 0 Å². The molecule has 5 heteroatoms. The van der Waals surface area contributed by atoms with Gasteiger partial charge in [-0.3, -0.25) is 4.79 Å². The van der Waals surface area contributed by atoms with Crippen LogP contribution in [0.25, 0.3) is 0 Å². The zero-order chi connectivity index (χ0) is 15.7. The lowest BCUT2D eigenvalue weighted by atomic mass is 9.95. The monoisotopic (exact) mass is 301 g/mol. The average molecular weight is 301 g/mol. The summed E-state index contributed by atoms with van der Waals surface area (Å²) in [6, 6.07) is 4.56. The highest BCUT2D eigenvalue weighted by molar-refractivity contribution is 5.94. The normalized spacial score (nSPS) is 16.0. The summed E-state index contributed by atoms with van der Waals surface area (Å²) in [7, 11) is 2.00. The smallest absolute Gasteiger partial charge is 0.253 e. The van der Waals surface area contributed by atoms with Crippen molar-refractivity contribution in [1.29, 1.82) is 0 Å². The van der Waals surface area contributed by atoms with Gasteiger partial charge >= 0.3 is 0 Å². The molecule has 0 N–H and O–H groups in total. The van der Waals surface area contributed by atoms with Crippen molar-refractivity contribution in [3.63, 3.8) is 0 Å². The number of imidazole rings is 1. The second kappa shape index (κ2) is 5.91. The van der Waals surface area contributed by atoms with Gasteiger partial charge in [-0.05, 0) is 43.5 Å². The predicted octanol–water partition coefficient (Wildman–Crippen LogP) is 2.89. The summed E-state index contributed by atoms with van der Waals surface area (Å²) >= 11 is 0. The summed E-state index contributed by atoms with van der Waals surface area (Å²) in [6.07, 6.45) is 5.59. The van der Waals surface area contributed by atoms with Gasteiger partial charge in [-0.15, -0.1) is 0 Å². The molecule has 0 spiro atoms. The van der Waals surface area contributed by atoms with Crippen LogP contribution in [0.2, 0.25) is 0 Å². The molecule has 1 saturated heterocycles. The topological polar surface area (TPSA) is 38.1 Å². The standard InChI is InChI=1S/C17H20FN3O/c1-12-11-14(3-4-15(12)18)17(22)21-8-5-13(6-9-21)16-19-7-10-20(16)2/h3-4,7,10-11,13H,5-6,8-9H2,1-2H3. The van der Waals surface area contributed by atoms with Gasteiger partial charge in [0.25, 0.3) is 5.91 Å². The van der Waals surface area contributed by atoms with Crippen LogP contribution in [-0.2, 0) is 7.05 Å². The Morgan fingerprint density at radius 3 is 2.64 bits per heavy atom. The van der Waals surface area contributed by atoms with E-state index in [2.05, 4.69) is 4.98 Å². The van der Waals surface area contributed by atoms with Crippen LogP contribution in [0.3, 0.4) is 0 Å². The molecule has 1 aromatic heterocycles. The molecule has 22 heavy (non-hydrogen) atoms. The van der Waals surface area contributed by atoms with Crippen molar-refractivity contribution < 1.29 is 9.18 Å². The van der Waals surface area contributed by atoms with Crippen LogP contribution in [0, 0.1) is 12.7 Å². The minimum absolute atomic E-state index is 0.0126. The number of carbonyl (C=O) groups excluding carboxylic acids is 1. The van der Waals surface area contributed by atoms with Crippen LogP contribution in [0.5, 0.6) is 0 Å². The van der Waals surface area contributed by atoms with E-state index in [1.54, 1.807) is 19.1 Å². The third-order valence-electron chi connectivity index (χ3n) is 4.41. The van der Waals surface area contributed by atoms with Gasteiger partial charge in [0, 0.05) is 44.0 Å². The van der Waals surface area contributed by atoms with Crippen molar-refractivity contribution in [3.05, 3.63) is 53.4 Å². The first-order chi connectivity index (χ1) is 10.6. The molecule has 1 aliphatic rings. The molecule has 3 rings (SSSR count). The first-order valence-electron chi connectivity index (χ1n) is 7.59. The number of rotatable bonds is 2. The Morgan fingerprint density at radius 1 is 1.32 bits per heavy atom. The molecule has 1 aromatic carbocycles. The minimum Gasteiger partial charge on any atom is -0.339 e. The maximum atomic E-state index is 13.3. The zero-order valence-corrected chi connectivity index (χ0v) is 12.9. The van der Waals surface area contributed by atoms with Gasteiger partial charge in [0.2, 0.25) is 0 Å². The highest BCUT2D eigenvalue weighted by Gasteiger charge is 2.26. The second-order valence-corrected chi connectivity index (χ2v) is 5.93. The Kier molecular flexibility index (Phi) is 3.96. The quantitative estimate of drug-likeness (QED) is 0.855. The molecule has 1 aliphatic heterocycles. The Morgan fingerprint density at radius 2 is 2.05 bits per heavy atom. The van der Waals surface area contributed by atoms with Crippen molar-refractivity contribution in [2.45, 2.75) is 25.7 Å². The van der Waals surface area contributed by atoms with E-state index in [9.17, 15) is 9.18 Å². The summed E-state index contributed by atoms with van der Waals surface area (Å²) in [5.41, 5.74) is 1.07. The van der Waals surface area contributed by atoms with E-state index < -0.39 is 0 Å². The molecular weight excluding hydrogens is 281 g/mol. The molecule has 116 valence electrons. The summed E-state index contributed by atoms with van der Waals surface area (Å²) in [5.74, 6) is 1.20. The Labute approximate surface area is 129 Å². The number of hydrogen-bond donors (Lipinski definition) is 0. The average Bonchev–Trinajstić information content (AvgIpc) is 2.95. The first-order valence-corrected chi connectivity index (χ1v) is 7.59. The highest BCUT2D eigenvalue weighted by atomic mass is 19.1. The van der Waals surface area contributed by atoms with Crippen LogP contribution < -0.4 is 0 Å². The summed E-state index contributed by atoms with van der Waals surface area (Å²) in [5, 5.41) is 0. The molecule has 0 atom stereocenters. The van der Waals surface area contributed by atoms with Crippen LogP contribution in [-0.4, -0.2) is 33.4 Å². The molecule has 4 nitrogen and oxygen atoms in total. The summed E-state index contributed by atoms with van der Waals surface area (Å²) in [6.45, 7) is 3.11. The largest absolute Gasteiger partial charge is 0.339 e. The number of likely N-dealkylation sites (tertiary alicyclic amines) is 1. The van der Waals surface area contributed by atoms with Gasteiger partial charge in [0.15, 0.2) is 0 Å². The Bertz CT molecular complexity index is 687. The second-order valence-electron chi connectivity index (χ2n) is 5.93. The summed E-state index contributed by atoms with van der Waals surface area (Å²) in [4.78, 5) is 18.8. The number of halogens is 1. The number of nitrogens with zero attached hydrogens (tertiary/aromatic N) is 3. The van der Waals surface area contributed by atoms with Gasteiger partial charge in [0.1, 0.15) is 11.6 Å². The highest BCUT2D eigenvalue weighted by Crippen LogP contribution is 2.27. The molecule has 0 radical (unpaired) electrons. The maximum Gasteiger partial charge on any atom is 0.253 e. The first kappa shape index (κ1) is 14.8. The molecule has 2 aromatic rings. The third-order valence-corrected chi connectivity index (χ3v) is 4.41. The molecule has 0 unspecified atom stereocenters. The predicted molar refractivity (Wildman–Crippen MR) is 82.2 cm³/mol. The van der Waals surface area contributed by atoms with Crippen molar-refractivity contribution in [1.82, 2.24) is 14.5 Å². The number of piperidine rings is 1. The van der Waals surface area contributed by atoms with Gasteiger partial charge < -0.3 is 9.47 Å². The van der Waals surface area contributed by atoms with E-state index in [1.165, 1.54) is 6.07 Å². The van der Waals surface area contributed by atoms with Crippen LogP contribution in [0.15, 0.2) is 30.6 Å². The number of aryl methyl sites for hydroxylation is 2. The van der Waals surface area contributed by atoms with Gasteiger partial charge in [-0.1, -0.05) is 0 Å². The molecule has 2 heterocycles. The molecule has 1 amide bonds. The van der Waals surface area contributed by atoms with E-state index in [0.717, 1.165) is 18.7 Å².